The molecule has 1 saturated heterocycles. The summed E-state index contributed by atoms with van der Waals surface area (Å²) in [5, 5.41) is 0. The first-order chi connectivity index (χ1) is 6.03. The zero-order valence-electron chi connectivity index (χ0n) is 8.49. The number of rotatable bonds is 2. The van der Waals surface area contributed by atoms with Gasteiger partial charge in [-0.05, 0) is 13.8 Å². The second-order valence-electron chi connectivity index (χ2n) is 3.45. The van der Waals surface area contributed by atoms with Crippen LogP contribution in [0.4, 0.5) is 0 Å². The molecule has 0 aromatic heterocycles. The summed E-state index contributed by atoms with van der Waals surface area (Å²) in [7, 11) is 3.09. The molecule has 0 aliphatic carbocycles. The van der Waals surface area contributed by atoms with Crippen LogP contribution in [0.3, 0.4) is 0 Å². The van der Waals surface area contributed by atoms with Crippen molar-refractivity contribution in [2.24, 2.45) is 0 Å². The molecule has 0 unspecified atom stereocenters. The smallest absolute Gasteiger partial charge is 0.192 e. The highest BCUT2D eigenvalue weighted by Crippen LogP contribution is 2.28. The first kappa shape index (κ1) is 10.6. The van der Waals surface area contributed by atoms with E-state index < -0.39 is 11.7 Å². The summed E-state index contributed by atoms with van der Waals surface area (Å²) in [6.07, 6.45) is -0.357. The second-order valence-corrected chi connectivity index (χ2v) is 3.45. The van der Waals surface area contributed by atoms with E-state index in [1.165, 1.54) is 7.11 Å². The Kier molecular flexibility index (Phi) is 3.05. The Morgan fingerprint density at radius 2 is 2.15 bits per heavy atom. The summed E-state index contributed by atoms with van der Waals surface area (Å²) in [6.45, 7) is 3.48. The van der Waals surface area contributed by atoms with E-state index in [2.05, 4.69) is 0 Å². The molecule has 0 saturated carbocycles. The fraction of sp³-hybridized carbons (Fsp3) is 0.889. The van der Waals surface area contributed by atoms with E-state index in [9.17, 15) is 4.79 Å². The third kappa shape index (κ3) is 1.90. The summed E-state index contributed by atoms with van der Waals surface area (Å²) < 4.78 is 15.5. The highest BCUT2D eigenvalue weighted by atomic mass is 16.7. The molecule has 76 valence electrons. The Bertz CT molecular complexity index is 204. The molecule has 0 N–H and O–H groups in total. The van der Waals surface area contributed by atoms with Crippen LogP contribution < -0.4 is 0 Å². The Labute approximate surface area is 78.2 Å². The Hall–Kier alpha value is -0.450. The van der Waals surface area contributed by atoms with Gasteiger partial charge in [-0.1, -0.05) is 0 Å². The maximum atomic E-state index is 11.6. The van der Waals surface area contributed by atoms with Crippen LogP contribution in [0.25, 0.3) is 0 Å². The van der Waals surface area contributed by atoms with Crippen molar-refractivity contribution < 1.29 is 19.0 Å². The summed E-state index contributed by atoms with van der Waals surface area (Å²) in [6, 6.07) is 0. The molecule has 3 atom stereocenters. The average Bonchev–Trinajstić information content (AvgIpc) is 2.13. The van der Waals surface area contributed by atoms with E-state index in [1.807, 2.05) is 0 Å². The lowest BCUT2D eigenvalue weighted by atomic mass is 9.90. The molecular formula is C9H16O4. The van der Waals surface area contributed by atoms with Crippen molar-refractivity contribution >= 4 is 5.78 Å². The summed E-state index contributed by atoms with van der Waals surface area (Å²) in [4.78, 5) is 11.6. The van der Waals surface area contributed by atoms with Gasteiger partial charge in [0, 0.05) is 20.6 Å². The lowest BCUT2D eigenvalue weighted by Gasteiger charge is -2.38. The standard InChI is InChI=1S/C9H16O4/c1-6-8(10)9(2,12-4)5-7(11-3)13-6/h6-7H,5H2,1-4H3/t6-,7+,9+/m0/s1. The zero-order valence-corrected chi connectivity index (χ0v) is 8.49. The molecule has 0 radical (unpaired) electrons. The number of ether oxygens (including phenoxy) is 3. The SMILES string of the molecule is CO[C@H]1C[C@@](C)(OC)C(=O)[C@H](C)O1. The van der Waals surface area contributed by atoms with Crippen molar-refractivity contribution in [2.75, 3.05) is 14.2 Å². The van der Waals surface area contributed by atoms with Crippen molar-refractivity contribution in [3.8, 4) is 0 Å². The molecule has 1 heterocycles. The summed E-state index contributed by atoms with van der Waals surface area (Å²) >= 11 is 0. The fourth-order valence-corrected chi connectivity index (χ4v) is 1.51. The highest BCUT2D eigenvalue weighted by molar-refractivity contribution is 5.91. The number of ketones is 1. The highest BCUT2D eigenvalue weighted by Gasteiger charge is 2.44. The lowest BCUT2D eigenvalue weighted by Crippen LogP contribution is -2.52. The molecular weight excluding hydrogens is 172 g/mol. The van der Waals surface area contributed by atoms with Crippen LogP contribution in [-0.2, 0) is 19.0 Å². The minimum Gasteiger partial charge on any atom is -0.370 e. The number of hydrogen-bond donors (Lipinski definition) is 0. The van der Waals surface area contributed by atoms with E-state index >= 15 is 0 Å². The quantitative estimate of drug-likeness (QED) is 0.641. The van der Waals surface area contributed by atoms with Crippen LogP contribution in [0.2, 0.25) is 0 Å². The first-order valence-corrected chi connectivity index (χ1v) is 4.31. The van der Waals surface area contributed by atoms with Crippen molar-refractivity contribution in [3.05, 3.63) is 0 Å². The van der Waals surface area contributed by atoms with Gasteiger partial charge in [-0.25, -0.2) is 0 Å². The molecule has 0 aromatic rings. The van der Waals surface area contributed by atoms with Crippen LogP contribution in [0.1, 0.15) is 20.3 Å². The Morgan fingerprint density at radius 3 is 2.62 bits per heavy atom. The van der Waals surface area contributed by atoms with Gasteiger partial charge in [0.05, 0.1) is 0 Å². The minimum absolute atomic E-state index is 0.0247. The van der Waals surface area contributed by atoms with Crippen molar-refractivity contribution in [2.45, 2.75) is 38.3 Å². The molecule has 1 fully saturated rings. The van der Waals surface area contributed by atoms with Gasteiger partial charge >= 0.3 is 0 Å². The van der Waals surface area contributed by atoms with Gasteiger partial charge in [0.25, 0.3) is 0 Å². The van der Waals surface area contributed by atoms with E-state index in [0.717, 1.165) is 0 Å². The van der Waals surface area contributed by atoms with Crippen molar-refractivity contribution in [1.29, 1.82) is 0 Å². The van der Waals surface area contributed by atoms with Gasteiger partial charge in [0.2, 0.25) is 0 Å². The van der Waals surface area contributed by atoms with E-state index in [-0.39, 0.29) is 12.1 Å². The van der Waals surface area contributed by atoms with Gasteiger partial charge in [0.1, 0.15) is 11.7 Å². The third-order valence-electron chi connectivity index (χ3n) is 2.52. The molecule has 4 heteroatoms. The van der Waals surface area contributed by atoms with Crippen LogP contribution in [0.15, 0.2) is 0 Å². The number of carbonyl (C=O) groups is 1. The zero-order chi connectivity index (χ0) is 10.1. The topological polar surface area (TPSA) is 44.8 Å². The molecule has 4 nitrogen and oxygen atoms in total. The van der Waals surface area contributed by atoms with Crippen LogP contribution in [0, 0.1) is 0 Å². The molecule has 0 bridgehead atoms. The summed E-state index contributed by atoms with van der Waals surface area (Å²) in [5.74, 6) is -0.0247. The van der Waals surface area contributed by atoms with Crippen LogP contribution in [0.5, 0.6) is 0 Å². The van der Waals surface area contributed by atoms with E-state index in [4.69, 9.17) is 14.2 Å². The number of Topliss-reactive ketones (excluding diaryl/α,β-unsaturated/α-hetero) is 1. The minimum atomic E-state index is -0.766. The fourth-order valence-electron chi connectivity index (χ4n) is 1.51. The molecule has 1 rings (SSSR count). The molecule has 1 aliphatic rings. The maximum Gasteiger partial charge on any atom is 0.192 e. The van der Waals surface area contributed by atoms with Crippen molar-refractivity contribution in [1.82, 2.24) is 0 Å². The van der Waals surface area contributed by atoms with Gasteiger partial charge in [0.15, 0.2) is 12.1 Å². The van der Waals surface area contributed by atoms with Gasteiger partial charge in [-0.2, -0.15) is 0 Å². The Morgan fingerprint density at radius 1 is 1.54 bits per heavy atom. The second kappa shape index (κ2) is 3.74. The summed E-state index contributed by atoms with van der Waals surface area (Å²) in [5.41, 5.74) is -0.766. The average molecular weight is 188 g/mol. The van der Waals surface area contributed by atoms with Gasteiger partial charge in [-0.3, -0.25) is 4.79 Å². The van der Waals surface area contributed by atoms with Gasteiger partial charge in [-0.15, -0.1) is 0 Å². The third-order valence-corrected chi connectivity index (χ3v) is 2.52. The Balaban J connectivity index is 2.78. The molecule has 0 amide bonds. The molecule has 13 heavy (non-hydrogen) atoms. The van der Waals surface area contributed by atoms with Gasteiger partial charge < -0.3 is 14.2 Å². The molecule has 0 aromatic carbocycles. The first-order valence-electron chi connectivity index (χ1n) is 4.31. The van der Waals surface area contributed by atoms with E-state index in [0.29, 0.717) is 6.42 Å². The number of hydrogen-bond acceptors (Lipinski definition) is 4. The largest absolute Gasteiger partial charge is 0.370 e. The normalized spacial score (nSPS) is 40.8. The van der Waals surface area contributed by atoms with Crippen LogP contribution >= 0.6 is 0 Å². The van der Waals surface area contributed by atoms with E-state index in [1.54, 1.807) is 21.0 Å². The molecule has 0 spiro atoms. The predicted octanol–water partition coefficient (Wildman–Crippen LogP) is 0.742. The number of methoxy groups -OCH3 is 2. The predicted molar refractivity (Wildman–Crippen MR) is 46.4 cm³/mol. The van der Waals surface area contributed by atoms with Crippen LogP contribution in [-0.4, -0.2) is 38.0 Å². The monoisotopic (exact) mass is 188 g/mol. The lowest BCUT2D eigenvalue weighted by molar-refractivity contribution is -0.219. The molecule has 1 aliphatic heterocycles. The maximum absolute atomic E-state index is 11.6. The number of carbonyl (C=O) groups excluding carboxylic acids is 1. The van der Waals surface area contributed by atoms with Crippen molar-refractivity contribution in [3.63, 3.8) is 0 Å².